The number of benzene rings is 2. The Morgan fingerprint density at radius 2 is 1.91 bits per heavy atom. The maximum absolute atomic E-state index is 13.3. The lowest BCUT2D eigenvalue weighted by molar-refractivity contribution is -0.140. The van der Waals surface area contributed by atoms with E-state index in [0.29, 0.717) is 55.5 Å². The van der Waals surface area contributed by atoms with Crippen molar-refractivity contribution in [2.75, 3.05) is 53.1 Å². The monoisotopic (exact) mass is 478 g/mol. The van der Waals surface area contributed by atoms with Gasteiger partial charge in [-0.05, 0) is 29.8 Å². The van der Waals surface area contributed by atoms with Gasteiger partial charge in [-0.15, -0.1) is 0 Å². The van der Waals surface area contributed by atoms with Gasteiger partial charge in [-0.25, -0.2) is 0 Å². The average Bonchev–Trinajstić information content (AvgIpc) is 3.16. The molecule has 0 bridgehead atoms. The fourth-order valence-electron chi connectivity index (χ4n) is 4.45. The van der Waals surface area contributed by atoms with E-state index in [1.54, 1.807) is 48.5 Å². The van der Waals surface area contributed by atoms with Crippen LogP contribution >= 0.6 is 0 Å². The molecule has 2 aromatic carbocycles. The van der Waals surface area contributed by atoms with Crippen LogP contribution in [0.4, 0.5) is 0 Å². The molecule has 8 heteroatoms. The molecular formula is C27H30N2O6. The highest BCUT2D eigenvalue weighted by atomic mass is 16.5. The summed E-state index contributed by atoms with van der Waals surface area (Å²) in [7, 11) is 1.49. The van der Waals surface area contributed by atoms with Crippen molar-refractivity contribution in [2.45, 2.75) is 6.04 Å². The quantitative estimate of drug-likeness (QED) is 0.257. The molecular weight excluding hydrogens is 448 g/mol. The van der Waals surface area contributed by atoms with Crippen molar-refractivity contribution < 1.29 is 28.9 Å². The summed E-state index contributed by atoms with van der Waals surface area (Å²) >= 11 is 0. The second-order valence-electron chi connectivity index (χ2n) is 8.32. The number of amides is 1. The Bertz CT molecular complexity index is 1120. The molecule has 2 fully saturated rings. The highest BCUT2D eigenvalue weighted by Gasteiger charge is 2.46. The van der Waals surface area contributed by atoms with Crippen molar-refractivity contribution in [1.82, 2.24) is 9.80 Å². The molecule has 2 heterocycles. The molecule has 35 heavy (non-hydrogen) atoms. The van der Waals surface area contributed by atoms with E-state index < -0.39 is 17.7 Å². The van der Waals surface area contributed by atoms with Crippen LogP contribution in [0.1, 0.15) is 17.2 Å². The third kappa shape index (κ3) is 5.23. The summed E-state index contributed by atoms with van der Waals surface area (Å²) in [5.74, 6) is -0.642. The number of carbonyl (C=O) groups is 2. The zero-order chi connectivity index (χ0) is 24.8. The van der Waals surface area contributed by atoms with Gasteiger partial charge in [-0.1, -0.05) is 36.9 Å². The number of methoxy groups -OCH3 is 1. The standard InChI is InChI=1S/C27H30N2O6/c1-3-15-35-20-8-6-7-19(18-20)24-23(25(30)21-9-4-5-10-22(21)33-2)26(31)27(32)29(24)12-11-28-13-16-34-17-14-28/h3-10,18,24,30H,1,11-17H2,2H3/b25-23+. The zero-order valence-corrected chi connectivity index (χ0v) is 19.8. The Hall–Kier alpha value is -3.62. The van der Waals surface area contributed by atoms with E-state index in [4.69, 9.17) is 14.2 Å². The lowest BCUT2D eigenvalue weighted by Gasteiger charge is -2.31. The fraction of sp³-hybridized carbons (Fsp3) is 0.333. The van der Waals surface area contributed by atoms with Crippen LogP contribution in [0.25, 0.3) is 5.76 Å². The molecule has 2 aliphatic heterocycles. The third-order valence-corrected chi connectivity index (χ3v) is 6.20. The van der Waals surface area contributed by atoms with Gasteiger partial charge in [0, 0.05) is 26.2 Å². The van der Waals surface area contributed by atoms with Gasteiger partial charge in [0.25, 0.3) is 11.7 Å². The number of hydrogen-bond donors (Lipinski definition) is 1. The van der Waals surface area contributed by atoms with Crippen LogP contribution in [0, 0.1) is 0 Å². The van der Waals surface area contributed by atoms with E-state index in [-0.39, 0.29) is 11.3 Å². The normalized spacial score (nSPS) is 20.1. The number of aliphatic hydroxyl groups excluding tert-OH is 1. The van der Waals surface area contributed by atoms with Crippen molar-refractivity contribution >= 4 is 17.4 Å². The lowest BCUT2D eigenvalue weighted by Crippen LogP contribution is -2.42. The second-order valence-corrected chi connectivity index (χ2v) is 8.32. The minimum atomic E-state index is -0.770. The predicted molar refractivity (Wildman–Crippen MR) is 131 cm³/mol. The Kier molecular flexibility index (Phi) is 7.84. The van der Waals surface area contributed by atoms with Gasteiger partial charge in [-0.2, -0.15) is 0 Å². The number of rotatable bonds is 9. The van der Waals surface area contributed by atoms with Gasteiger partial charge in [0.15, 0.2) is 0 Å². The molecule has 1 N–H and O–H groups in total. The Balaban J connectivity index is 1.77. The Labute approximate surface area is 205 Å². The number of hydrogen-bond acceptors (Lipinski definition) is 7. The number of carbonyl (C=O) groups excluding carboxylic acids is 2. The van der Waals surface area contributed by atoms with Crippen molar-refractivity contribution in [2.24, 2.45) is 0 Å². The number of ether oxygens (including phenoxy) is 3. The van der Waals surface area contributed by atoms with Crippen LogP contribution in [0.15, 0.2) is 66.8 Å². The summed E-state index contributed by atoms with van der Waals surface area (Å²) in [5.41, 5.74) is 1.05. The van der Waals surface area contributed by atoms with Crippen molar-refractivity contribution in [3.05, 3.63) is 77.9 Å². The summed E-state index contributed by atoms with van der Waals surface area (Å²) < 4.78 is 16.5. The van der Waals surface area contributed by atoms with E-state index in [2.05, 4.69) is 11.5 Å². The van der Waals surface area contributed by atoms with E-state index in [0.717, 1.165) is 13.1 Å². The van der Waals surface area contributed by atoms with E-state index in [1.807, 2.05) is 6.07 Å². The zero-order valence-electron chi connectivity index (χ0n) is 19.8. The minimum Gasteiger partial charge on any atom is -0.507 e. The van der Waals surface area contributed by atoms with Gasteiger partial charge in [0.2, 0.25) is 0 Å². The molecule has 1 atom stereocenters. The van der Waals surface area contributed by atoms with Gasteiger partial charge in [-0.3, -0.25) is 14.5 Å². The van der Waals surface area contributed by atoms with Crippen LogP contribution in [-0.4, -0.2) is 79.7 Å². The molecule has 2 saturated heterocycles. The molecule has 0 aromatic heterocycles. The SMILES string of the molecule is C=CCOc1cccc(C2/C(=C(\O)c3ccccc3OC)C(=O)C(=O)N2CCN2CCOCC2)c1. The number of Topliss-reactive ketones (excluding diaryl/α,β-unsaturated/α-hetero) is 1. The highest BCUT2D eigenvalue weighted by molar-refractivity contribution is 6.46. The van der Waals surface area contributed by atoms with Crippen LogP contribution < -0.4 is 9.47 Å². The maximum atomic E-state index is 13.3. The molecule has 0 saturated carbocycles. The molecule has 0 spiro atoms. The van der Waals surface area contributed by atoms with Crippen LogP contribution in [0.2, 0.25) is 0 Å². The number of morpholine rings is 1. The predicted octanol–water partition coefficient (Wildman–Crippen LogP) is 3.01. The van der Waals surface area contributed by atoms with Crippen LogP contribution in [0.3, 0.4) is 0 Å². The summed E-state index contributed by atoms with van der Waals surface area (Å²) in [6, 6.07) is 13.3. The smallest absolute Gasteiger partial charge is 0.295 e. The number of aliphatic hydroxyl groups is 1. The van der Waals surface area contributed by atoms with Gasteiger partial charge in [0.1, 0.15) is 23.9 Å². The maximum Gasteiger partial charge on any atom is 0.295 e. The third-order valence-electron chi connectivity index (χ3n) is 6.20. The van der Waals surface area contributed by atoms with Crippen LogP contribution in [-0.2, 0) is 14.3 Å². The first-order chi connectivity index (χ1) is 17.0. The van der Waals surface area contributed by atoms with Crippen LogP contribution in [0.5, 0.6) is 11.5 Å². The average molecular weight is 479 g/mol. The first-order valence-corrected chi connectivity index (χ1v) is 11.6. The minimum absolute atomic E-state index is 0.0300. The molecule has 1 amide bonds. The Morgan fingerprint density at radius 1 is 1.14 bits per heavy atom. The summed E-state index contributed by atoms with van der Waals surface area (Å²) in [4.78, 5) is 30.3. The number of para-hydroxylation sites is 1. The highest BCUT2D eigenvalue weighted by Crippen LogP contribution is 2.41. The fourth-order valence-corrected chi connectivity index (χ4v) is 4.45. The summed E-state index contributed by atoms with van der Waals surface area (Å²) in [5, 5.41) is 11.3. The molecule has 2 aliphatic rings. The van der Waals surface area contributed by atoms with Gasteiger partial charge in [0.05, 0.1) is 37.5 Å². The summed E-state index contributed by atoms with van der Waals surface area (Å²) in [6.45, 7) is 7.72. The topological polar surface area (TPSA) is 88.5 Å². The first-order valence-electron chi connectivity index (χ1n) is 11.6. The van der Waals surface area contributed by atoms with E-state index in [1.165, 1.54) is 12.0 Å². The van der Waals surface area contributed by atoms with Crippen molar-refractivity contribution in [3.63, 3.8) is 0 Å². The van der Waals surface area contributed by atoms with Gasteiger partial charge < -0.3 is 24.2 Å². The van der Waals surface area contributed by atoms with Crippen molar-refractivity contribution in [1.29, 1.82) is 0 Å². The molecule has 2 aromatic rings. The molecule has 1 unspecified atom stereocenters. The molecule has 8 nitrogen and oxygen atoms in total. The molecule has 184 valence electrons. The molecule has 0 aliphatic carbocycles. The van der Waals surface area contributed by atoms with E-state index >= 15 is 0 Å². The van der Waals surface area contributed by atoms with E-state index in [9.17, 15) is 14.7 Å². The molecule has 4 rings (SSSR count). The molecule has 0 radical (unpaired) electrons. The lowest BCUT2D eigenvalue weighted by atomic mass is 9.95. The van der Waals surface area contributed by atoms with Gasteiger partial charge >= 0.3 is 0 Å². The van der Waals surface area contributed by atoms with Crippen molar-refractivity contribution in [3.8, 4) is 11.5 Å². The second kappa shape index (κ2) is 11.2. The number of ketones is 1. The summed E-state index contributed by atoms with van der Waals surface area (Å²) in [6.07, 6.45) is 1.64. The number of likely N-dealkylation sites (tertiary alicyclic amines) is 1. The number of nitrogens with zero attached hydrogens (tertiary/aromatic N) is 2. The first kappa shape index (κ1) is 24.5. The Morgan fingerprint density at radius 3 is 2.66 bits per heavy atom. The largest absolute Gasteiger partial charge is 0.507 e.